The van der Waals surface area contributed by atoms with E-state index in [9.17, 15) is 0 Å². The molecule has 0 unspecified atom stereocenters. The topological polar surface area (TPSA) is 11.9 Å². The zero-order chi connectivity index (χ0) is 5.11. The Bertz CT molecular complexity index is 56.0. The van der Waals surface area contributed by atoms with Crippen molar-refractivity contribution in [2.24, 2.45) is 0 Å². The van der Waals surface area contributed by atoms with Gasteiger partial charge in [-0.25, -0.2) is 0 Å². The van der Waals surface area contributed by atoms with E-state index in [4.69, 9.17) is 4.74 Å². The predicted octanol–water partition coefficient (Wildman–Crippen LogP) is 0.0742. The van der Waals surface area contributed by atoms with Crippen molar-refractivity contribution in [2.75, 3.05) is 26.4 Å². The second-order valence-corrected chi connectivity index (χ2v) is 2.45. The molecule has 1 saturated heterocycles. The fourth-order valence-electron chi connectivity index (χ4n) is 0.508. The molecule has 1 aliphatic rings. The summed E-state index contributed by atoms with van der Waals surface area (Å²) in [7, 11) is 0. The maximum absolute atomic E-state index is 5.06. The third kappa shape index (κ3) is 2.90. The molecule has 50 valence electrons. The molecule has 0 bridgehead atoms. The number of hydrogen-bond acceptors (Lipinski definition) is 1. The molecule has 1 rings (SSSR count). The van der Waals surface area contributed by atoms with Crippen LogP contribution in [0.4, 0.5) is 0 Å². The summed E-state index contributed by atoms with van der Waals surface area (Å²) in [6, 6.07) is 0. The van der Waals surface area contributed by atoms with Gasteiger partial charge in [0.2, 0.25) is 0 Å². The number of rotatable bonds is 0. The van der Waals surface area contributed by atoms with E-state index in [0.29, 0.717) is 0 Å². The average molecular weight is 204 g/mol. The summed E-state index contributed by atoms with van der Waals surface area (Å²) in [6.07, 6.45) is 0. The summed E-state index contributed by atoms with van der Waals surface area (Å²) in [4.78, 5) is 0. The number of hydrogen-bond donors (Lipinski definition) is 0. The quantitative estimate of drug-likeness (QED) is 0.401. The van der Waals surface area contributed by atoms with Crippen LogP contribution in [0.3, 0.4) is 0 Å². The molecule has 0 aliphatic carbocycles. The molecule has 0 radical (unpaired) electrons. The normalized spacial score (nSPS) is 22.1. The van der Waals surface area contributed by atoms with Crippen LogP contribution >= 0.6 is 12.4 Å². The molecule has 0 aromatic carbocycles. The fraction of sp³-hybridized carbons (Fsp3) is 1.00. The molecule has 0 amide bonds. The van der Waals surface area contributed by atoms with Crippen LogP contribution < -0.4 is 0 Å². The molecule has 0 spiro atoms. The van der Waals surface area contributed by atoms with Crippen molar-refractivity contribution in [3.8, 4) is 0 Å². The summed E-state index contributed by atoms with van der Waals surface area (Å²) in [5, 5.41) is 0. The first-order valence-corrected chi connectivity index (χ1v) is 3.02. The van der Waals surface area contributed by atoms with Gasteiger partial charge in [-0.15, -0.1) is 12.4 Å². The monoisotopic (exact) mass is 204 g/mol. The van der Waals surface area contributed by atoms with Gasteiger partial charge >= 0.3 is 51.0 Å². The van der Waals surface area contributed by atoms with Gasteiger partial charge in [-0.2, -0.15) is 0 Å². The van der Waals surface area contributed by atoms with E-state index in [1.807, 2.05) is 0 Å². The Balaban J connectivity index is 0.000000490. The van der Waals surface area contributed by atoms with Crippen LogP contribution in [0.1, 0.15) is 0 Å². The molecule has 4 heteroatoms. The van der Waals surface area contributed by atoms with Gasteiger partial charge in [0.05, 0.1) is 0 Å². The Hall–Kier alpha value is 0.729. The summed E-state index contributed by atoms with van der Waals surface area (Å²) in [5.74, 6) is 0. The van der Waals surface area contributed by atoms with Crippen LogP contribution in [0.5, 0.6) is 0 Å². The molecular formula is C4H9ClO2Se. The second kappa shape index (κ2) is 4.59. The van der Waals surface area contributed by atoms with Crippen LogP contribution in [0.15, 0.2) is 0 Å². The molecule has 2 nitrogen and oxygen atoms in total. The first-order chi connectivity index (χ1) is 3.39. The molecule has 0 N–H and O–H groups in total. The van der Waals surface area contributed by atoms with Crippen molar-refractivity contribution >= 4 is 28.7 Å². The van der Waals surface area contributed by atoms with Gasteiger partial charge in [-0.1, -0.05) is 0 Å². The SMILES string of the molecule is Cl.[Se-][O+]1CCOCC1. The third-order valence-corrected chi connectivity index (χ3v) is 1.61. The van der Waals surface area contributed by atoms with E-state index < -0.39 is 0 Å². The van der Waals surface area contributed by atoms with Gasteiger partial charge in [0.1, 0.15) is 0 Å². The van der Waals surface area contributed by atoms with Gasteiger partial charge in [-0.3, -0.25) is 0 Å². The summed E-state index contributed by atoms with van der Waals surface area (Å²) < 4.78 is 7.88. The zero-order valence-corrected chi connectivity index (χ0v) is 6.99. The van der Waals surface area contributed by atoms with Gasteiger partial charge in [0.25, 0.3) is 0 Å². The molecule has 1 fully saturated rings. The van der Waals surface area contributed by atoms with E-state index in [1.165, 1.54) is 0 Å². The predicted molar refractivity (Wildman–Crippen MR) is 34.6 cm³/mol. The summed E-state index contributed by atoms with van der Waals surface area (Å²) >= 11 is 2.85. The van der Waals surface area contributed by atoms with E-state index >= 15 is 0 Å². The Morgan fingerprint density at radius 3 is 2.00 bits per heavy atom. The third-order valence-electron chi connectivity index (χ3n) is 0.911. The molecule has 8 heavy (non-hydrogen) atoms. The van der Waals surface area contributed by atoms with Crippen molar-refractivity contribution in [3.63, 3.8) is 0 Å². The second-order valence-electron chi connectivity index (χ2n) is 1.46. The average Bonchev–Trinajstić information content (AvgIpc) is 1.69. The molecule has 0 aromatic rings. The Morgan fingerprint density at radius 1 is 1.25 bits per heavy atom. The minimum absolute atomic E-state index is 0. The maximum atomic E-state index is 5.06. The van der Waals surface area contributed by atoms with Crippen molar-refractivity contribution in [1.82, 2.24) is 0 Å². The molecule has 0 saturated carbocycles. The molecule has 0 aromatic heterocycles. The van der Waals surface area contributed by atoms with E-state index in [0.717, 1.165) is 26.4 Å². The standard InChI is InChI=1S/C4H8O2Se.ClH/c7-6-3-1-5-2-4-6;/h1-4H2;1H. The van der Waals surface area contributed by atoms with E-state index in [1.54, 1.807) is 0 Å². The van der Waals surface area contributed by atoms with Crippen molar-refractivity contribution in [2.45, 2.75) is 0 Å². The summed E-state index contributed by atoms with van der Waals surface area (Å²) in [5.41, 5.74) is 0. The van der Waals surface area contributed by atoms with Gasteiger partial charge < -0.3 is 0 Å². The molecule has 1 heterocycles. The Kier molecular flexibility index (Phi) is 5.01. The number of ether oxygens (including phenoxy) is 1. The first kappa shape index (κ1) is 8.73. The Morgan fingerprint density at radius 2 is 1.75 bits per heavy atom. The van der Waals surface area contributed by atoms with E-state index in [-0.39, 0.29) is 12.4 Å². The molecular weight excluding hydrogens is 194 g/mol. The van der Waals surface area contributed by atoms with Crippen molar-refractivity contribution in [3.05, 3.63) is 0 Å². The number of halogens is 1. The van der Waals surface area contributed by atoms with Crippen LogP contribution in [0.2, 0.25) is 0 Å². The van der Waals surface area contributed by atoms with Gasteiger partial charge in [0.15, 0.2) is 0 Å². The van der Waals surface area contributed by atoms with Crippen molar-refractivity contribution < 1.29 is 8.19 Å². The first-order valence-electron chi connectivity index (χ1n) is 2.32. The fourth-order valence-corrected chi connectivity index (χ4v) is 0.793. The van der Waals surface area contributed by atoms with E-state index in [2.05, 4.69) is 19.8 Å². The Labute approximate surface area is 63.8 Å². The van der Waals surface area contributed by atoms with Gasteiger partial charge in [0, 0.05) is 0 Å². The van der Waals surface area contributed by atoms with Gasteiger partial charge in [-0.05, 0) is 0 Å². The van der Waals surface area contributed by atoms with Crippen LogP contribution in [-0.4, -0.2) is 42.8 Å². The summed E-state index contributed by atoms with van der Waals surface area (Å²) in [6.45, 7) is 3.61. The van der Waals surface area contributed by atoms with Crippen LogP contribution in [-0.2, 0) is 8.19 Å². The van der Waals surface area contributed by atoms with Crippen LogP contribution in [0, 0.1) is 0 Å². The van der Waals surface area contributed by atoms with Crippen LogP contribution in [0.25, 0.3) is 0 Å². The van der Waals surface area contributed by atoms with Crippen molar-refractivity contribution in [1.29, 1.82) is 0 Å². The minimum atomic E-state index is 0. The molecule has 1 aliphatic heterocycles. The molecule has 0 atom stereocenters. The zero-order valence-electron chi connectivity index (χ0n) is 4.46.